The molecule has 1 unspecified atom stereocenters. The number of benzene rings is 1. The Morgan fingerprint density at radius 3 is 2.12 bits per heavy atom. The Labute approximate surface area is 144 Å². The monoisotopic (exact) mass is 328 g/mol. The van der Waals surface area contributed by atoms with Gasteiger partial charge in [0.25, 0.3) is 11.8 Å². The first kappa shape index (κ1) is 17.0. The van der Waals surface area contributed by atoms with Gasteiger partial charge in [0.05, 0.1) is 0 Å². The van der Waals surface area contributed by atoms with Gasteiger partial charge in [0.2, 0.25) is 0 Å². The van der Waals surface area contributed by atoms with Gasteiger partial charge in [-0.25, -0.2) is 0 Å². The lowest BCUT2D eigenvalue weighted by Crippen LogP contribution is -2.39. The van der Waals surface area contributed by atoms with E-state index in [1.54, 1.807) is 6.07 Å². The van der Waals surface area contributed by atoms with E-state index in [0.29, 0.717) is 23.0 Å². The van der Waals surface area contributed by atoms with Gasteiger partial charge in [-0.3, -0.25) is 9.59 Å². The summed E-state index contributed by atoms with van der Waals surface area (Å²) in [6.07, 6.45) is 4.39. The van der Waals surface area contributed by atoms with E-state index in [1.807, 2.05) is 28.0 Å². The van der Waals surface area contributed by atoms with Crippen molar-refractivity contribution < 1.29 is 9.59 Å². The number of carbonyl (C=O) groups is 2. The van der Waals surface area contributed by atoms with Crippen molar-refractivity contribution in [3.63, 3.8) is 0 Å². The second kappa shape index (κ2) is 7.37. The molecule has 0 bridgehead atoms. The number of nitrogens with zero attached hydrogens (tertiary/aromatic N) is 2. The van der Waals surface area contributed by atoms with Crippen LogP contribution in [0.25, 0.3) is 0 Å². The molecule has 4 nitrogen and oxygen atoms in total. The van der Waals surface area contributed by atoms with E-state index < -0.39 is 0 Å². The number of carbonyl (C=O) groups excluding carboxylic acids is 2. The second-order valence-corrected chi connectivity index (χ2v) is 7.55. The topological polar surface area (TPSA) is 40.6 Å². The summed E-state index contributed by atoms with van der Waals surface area (Å²) in [6.45, 7) is 7.72. The second-order valence-electron chi connectivity index (χ2n) is 7.55. The molecule has 2 aliphatic heterocycles. The van der Waals surface area contributed by atoms with Crippen molar-refractivity contribution in [2.75, 3.05) is 26.2 Å². The maximum absolute atomic E-state index is 12.7. The molecular formula is C20H28N2O2. The van der Waals surface area contributed by atoms with Crippen molar-refractivity contribution >= 4 is 11.8 Å². The van der Waals surface area contributed by atoms with Gasteiger partial charge in [0, 0.05) is 37.3 Å². The van der Waals surface area contributed by atoms with Crippen molar-refractivity contribution in [2.24, 2.45) is 11.8 Å². The third-order valence-electron chi connectivity index (χ3n) is 5.37. The Hall–Kier alpha value is -1.84. The number of hydrogen-bond acceptors (Lipinski definition) is 2. The van der Waals surface area contributed by atoms with Gasteiger partial charge in [-0.2, -0.15) is 0 Å². The normalized spacial score (nSPS) is 22.5. The Kier molecular flexibility index (Phi) is 5.22. The van der Waals surface area contributed by atoms with Crippen LogP contribution in [0.2, 0.25) is 0 Å². The zero-order valence-electron chi connectivity index (χ0n) is 14.8. The third kappa shape index (κ3) is 3.80. The number of rotatable bonds is 2. The first-order chi connectivity index (χ1) is 11.5. The maximum Gasteiger partial charge on any atom is 0.253 e. The Morgan fingerprint density at radius 2 is 1.50 bits per heavy atom. The van der Waals surface area contributed by atoms with E-state index in [2.05, 4.69) is 13.8 Å². The van der Waals surface area contributed by atoms with Crippen LogP contribution < -0.4 is 0 Å². The van der Waals surface area contributed by atoms with Gasteiger partial charge in [-0.15, -0.1) is 0 Å². The highest BCUT2D eigenvalue weighted by molar-refractivity contribution is 5.99. The van der Waals surface area contributed by atoms with Gasteiger partial charge < -0.3 is 9.80 Å². The van der Waals surface area contributed by atoms with Gasteiger partial charge in [0.15, 0.2) is 0 Å². The van der Waals surface area contributed by atoms with Crippen molar-refractivity contribution in [1.82, 2.24) is 9.80 Å². The summed E-state index contributed by atoms with van der Waals surface area (Å²) in [6, 6.07) is 7.27. The van der Waals surface area contributed by atoms with E-state index in [-0.39, 0.29) is 11.8 Å². The largest absolute Gasteiger partial charge is 0.339 e. The Bertz CT molecular complexity index is 605. The lowest BCUT2D eigenvalue weighted by Gasteiger charge is -2.31. The highest BCUT2D eigenvalue weighted by atomic mass is 16.2. The van der Waals surface area contributed by atoms with Crippen molar-refractivity contribution in [1.29, 1.82) is 0 Å². The van der Waals surface area contributed by atoms with Crippen LogP contribution in [0.3, 0.4) is 0 Å². The minimum atomic E-state index is 0.0588. The Balaban J connectivity index is 1.71. The number of likely N-dealkylation sites (tertiary alicyclic amines) is 2. The molecule has 1 atom stereocenters. The summed E-state index contributed by atoms with van der Waals surface area (Å²) >= 11 is 0. The first-order valence-electron chi connectivity index (χ1n) is 9.23. The molecule has 3 rings (SSSR count). The average Bonchev–Trinajstić information content (AvgIpc) is 2.61. The van der Waals surface area contributed by atoms with E-state index in [9.17, 15) is 9.59 Å². The smallest absolute Gasteiger partial charge is 0.253 e. The quantitative estimate of drug-likeness (QED) is 0.834. The first-order valence-corrected chi connectivity index (χ1v) is 9.23. The summed E-state index contributed by atoms with van der Waals surface area (Å²) in [4.78, 5) is 29.3. The molecule has 2 amide bonds. The molecule has 2 saturated heterocycles. The van der Waals surface area contributed by atoms with Crippen LogP contribution in [0.4, 0.5) is 0 Å². The van der Waals surface area contributed by atoms with E-state index in [0.717, 1.165) is 45.4 Å². The predicted molar refractivity (Wildman–Crippen MR) is 95.0 cm³/mol. The van der Waals surface area contributed by atoms with Crippen LogP contribution in [0, 0.1) is 11.8 Å². The molecule has 2 aliphatic rings. The average molecular weight is 328 g/mol. The molecule has 130 valence electrons. The molecule has 0 radical (unpaired) electrons. The maximum atomic E-state index is 12.7. The molecule has 0 saturated carbocycles. The van der Waals surface area contributed by atoms with Crippen LogP contribution in [0.15, 0.2) is 24.3 Å². The molecule has 1 aromatic carbocycles. The minimum absolute atomic E-state index is 0.0588. The summed E-state index contributed by atoms with van der Waals surface area (Å²) in [7, 11) is 0. The van der Waals surface area contributed by atoms with Gasteiger partial charge in [-0.05, 0) is 55.7 Å². The molecule has 0 aromatic heterocycles. The summed E-state index contributed by atoms with van der Waals surface area (Å²) in [5, 5.41) is 0. The van der Waals surface area contributed by atoms with Crippen LogP contribution in [-0.2, 0) is 0 Å². The number of hydrogen-bond donors (Lipinski definition) is 0. The van der Waals surface area contributed by atoms with Gasteiger partial charge >= 0.3 is 0 Å². The van der Waals surface area contributed by atoms with Crippen molar-refractivity contribution in [3.05, 3.63) is 35.4 Å². The van der Waals surface area contributed by atoms with Crippen LogP contribution in [0.1, 0.15) is 60.2 Å². The highest BCUT2D eigenvalue weighted by Gasteiger charge is 2.24. The molecule has 4 heteroatoms. The van der Waals surface area contributed by atoms with Crippen LogP contribution >= 0.6 is 0 Å². The molecule has 0 aliphatic carbocycles. The SMILES string of the molecule is CC1CCN(C(=O)c2cccc(C(=O)N3CCCC(C)C3)c2)CC1. The molecule has 2 heterocycles. The van der Waals surface area contributed by atoms with Crippen molar-refractivity contribution in [3.8, 4) is 0 Å². The van der Waals surface area contributed by atoms with E-state index in [1.165, 1.54) is 6.42 Å². The molecule has 24 heavy (non-hydrogen) atoms. The minimum Gasteiger partial charge on any atom is -0.339 e. The van der Waals surface area contributed by atoms with Crippen LogP contribution in [-0.4, -0.2) is 47.8 Å². The lowest BCUT2D eigenvalue weighted by atomic mass is 9.98. The summed E-state index contributed by atoms with van der Waals surface area (Å²) in [5.41, 5.74) is 1.28. The van der Waals surface area contributed by atoms with Gasteiger partial charge in [-0.1, -0.05) is 19.9 Å². The van der Waals surface area contributed by atoms with Gasteiger partial charge in [0.1, 0.15) is 0 Å². The molecule has 1 aromatic rings. The highest BCUT2D eigenvalue weighted by Crippen LogP contribution is 2.21. The summed E-state index contributed by atoms with van der Waals surface area (Å²) in [5.74, 6) is 1.37. The standard InChI is InChI=1S/C20H28N2O2/c1-15-8-11-21(12-9-15)19(23)17-6-3-7-18(13-17)20(24)22-10-4-5-16(2)14-22/h3,6-7,13,15-16H,4-5,8-12,14H2,1-2H3. The molecular weight excluding hydrogens is 300 g/mol. The zero-order chi connectivity index (χ0) is 17.1. The Morgan fingerprint density at radius 1 is 0.875 bits per heavy atom. The lowest BCUT2D eigenvalue weighted by molar-refractivity contribution is 0.0682. The number of piperidine rings is 2. The van der Waals surface area contributed by atoms with Crippen molar-refractivity contribution in [2.45, 2.75) is 39.5 Å². The fraction of sp³-hybridized carbons (Fsp3) is 0.600. The van der Waals surface area contributed by atoms with Crippen LogP contribution in [0.5, 0.6) is 0 Å². The number of amides is 2. The zero-order valence-corrected chi connectivity index (χ0v) is 14.8. The third-order valence-corrected chi connectivity index (χ3v) is 5.37. The van der Waals surface area contributed by atoms with E-state index >= 15 is 0 Å². The van der Waals surface area contributed by atoms with E-state index in [4.69, 9.17) is 0 Å². The molecule has 0 spiro atoms. The molecule has 0 N–H and O–H groups in total. The fourth-order valence-corrected chi connectivity index (χ4v) is 3.74. The predicted octanol–water partition coefficient (Wildman–Crippen LogP) is 3.43. The summed E-state index contributed by atoms with van der Waals surface area (Å²) < 4.78 is 0. The fourth-order valence-electron chi connectivity index (χ4n) is 3.74. The molecule has 2 fully saturated rings.